The summed E-state index contributed by atoms with van der Waals surface area (Å²) in [5, 5.41) is 5.32. The molecule has 0 aliphatic carbocycles. The average Bonchev–Trinajstić information content (AvgIpc) is 2.97. The van der Waals surface area contributed by atoms with Crippen LogP contribution in [0, 0.1) is 11.7 Å². The van der Waals surface area contributed by atoms with Gasteiger partial charge in [0.1, 0.15) is 10.8 Å². The van der Waals surface area contributed by atoms with Gasteiger partial charge in [-0.05, 0) is 24.6 Å². The fourth-order valence-corrected chi connectivity index (χ4v) is 2.68. The van der Waals surface area contributed by atoms with E-state index in [0.29, 0.717) is 12.1 Å². The molecule has 2 rings (SSSR count). The van der Waals surface area contributed by atoms with E-state index in [2.05, 4.69) is 10.3 Å². The van der Waals surface area contributed by atoms with E-state index in [1.165, 1.54) is 29.5 Å². The zero-order valence-electron chi connectivity index (χ0n) is 11.3. The summed E-state index contributed by atoms with van der Waals surface area (Å²) in [5.74, 6) is -1.01. The third-order valence-corrected chi connectivity index (χ3v) is 4.21. The monoisotopic (exact) mass is 327 g/mol. The first-order chi connectivity index (χ1) is 9.97. The molecular formula is C14H15ClFN3OS. The van der Waals surface area contributed by atoms with E-state index in [1.807, 2.05) is 5.38 Å². The van der Waals surface area contributed by atoms with E-state index in [1.54, 1.807) is 13.1 Å². The highest BCUT2D eigenvalue weighted by Crippen LogP contribution is 2.23. The highest BCUT2D eigenvalue weighted by atomic mass is 35.5. The molecule has 3 N–H and O–H groups in total. The Balaban J connectivity index is 1.94. The number of hydrogen-bond donors (Lipinski definition) is 2. The second-order valence-corrected chi connectivity index (χ2v) is 6.07. The van der Waals surface area contributed by atoms with Crippen LogP contribution in [0.2, 0.25) is 5.02 Å². The molecule has 2 aromatic rings. The Bertz CT molecular complexity index is 621. The molecule has 1 amide bonds. The largest absolute Gasteiger partial charge is 0.326 e. The first-order valence-corrected chi connectivity index (χ1v) is 7.64. The highest BCUT2D eigenvalue weighted by molar-refractivity contribution is 7.09. The number of aromatic nitrogens is 1. The van der Waals surface area contributed by atoms with Crippen LogP contribution in [-0.2, 0) is 4.79 Å². The Hall–Kier alpha value is -1.50. The lowest BCUT2D eigenvalue weighted by molar-refractivity contribution is -0.119. The normalized spacial score (nSPS) is 13.7. The number of carbonyl (C=O) groups is 1. The molecule has 4 nitrogen and oxygen atoms in total. The number of nitrogens with one attached hydrogen (secondary N) is 1. The van der Waals surface area contributed by atoms with E-state index in [4.69, 9.17) is 17.3 Å². The van der Waals surface area contributed by atoms with Gasteiger partial charge in [-0.2, -0.15) is 0 Å². The molecule has 7 heteroatoms. The van der Waals surface area contributed by atoms with E-state index in [-0.39, 0.29) is 22.9 Å². The van der Waals surface area contributed by atoms with Crippen LogP contribution in [0.4, 0.5) is 10.1 Å². The van der Waals surface area contributed by atoms with Crippen molar-refractivity contribution >= 4 is 34.5 Å². The van der Waals surface area contributed by atoms with Gasteiger partial charge in [0.05, 0.1) is 11.1 Å². The molecule has 0 fully saturated rings. The van der Waals surface area contributed by atoms with Gasteiger partial charge in [-0.1, -0.05) is 18.5 Å². The van der Waals surface area contributed by atoms with Crippen molar-refractivity contribution in [3.05, 3.63) is 45.6 Å². The quantitative estimate of drug-likeness (QED) is 0.881. The number of thiazole rings is 1. The molecule has 21 heavy (non-hydrogen) atoms. The molecule has 0 bridgehead atoms. The lowest BCUT2D eigenvalue weighted by Crippen LogP contribution is -2.24. The number of nitrogens with two attached hydrogens (primary N) is 1. The first kappa shape index (κ1) is 15.9. The molecule has 0 saturated carbocycles. The average molecular weight is 328 g/mol. The van der Waals surface area contributed by atoms with Crippen molar-refractivity contribution in [2.24, 2.45) is 11.7 Å². The van der Waals surface area contributed by atoms with E-state index >= 15 is 0 Å². The summed E-state index contributed by atoms with van der Waals surface area (Å²) in [6.07, 6.45) is 2.17. The number of halogens is 2. The summed E-state index contributed by atoms with van der Waals surface area (Å²) < 4.78 is 13.1. The van der Waals surface area contributed by atoms with Gasteiger partial charge >= 0.3 is 0 Å². The lowest BCUT2D eigenvalue weighted by atomic mass is 10.0. The summed E-state index contributed by atoms with van der Waals surface area (Å²) >= 11 is 7.14. The van der Waals surface area contributed by atoms with Gasteiger partial charge in [-0.3, -0.25) is 4.79 Å². The Kier molecular flexibility index (Phi) is 5.27. The lowest BCUT2D eigenvalue weighted by Gasteiger charge is -2.15. The van der Waals surface area contributed by atoms with Crippen molar-refractivity contribution in [1.82, 2.24) is 4.98 Å². The fourth-order valence-electron chi connectivity index (χ4n) is 1.85. The van der Waals surface area contributed by atoms with Crippen molar-refractivity contribution in [1.29, 1.82) is 0 Å². The van der Waals surface area contributed by atoms with Gasteiger partial charge in [-0.25, -0.2) is 9.37 Å². The minimum Gasteiger partial charge on any atom is -0.326 e. The van der Waals surface area contributed by atoms with Gasteiger partial charge in [0.2, 0.25) is 5.91 Å². The maximum absolute atomic E-state index is 13.1. The van der Waals surface area contributed by atoms with Gasteiger partial charge in [0, 0.05) is 23.2 Å². The number of hydrogen-bond acceptors (Lipinski definition) is 4. The topological polar surface area (TPSA) is 68.0 Å². The van der Waals surface area contributed by atoms with E-state index < -0.39 is 5.82 Å². The first-order valence-electron chi connectivity index (χ1n) is 6.38. The summed E-state index contributed by atoms with van der Waals surface area (Å²) in [5.41, 5.74) is 6.47. The number of anilines is 1. The second-order valence-electron chi connectivity index (χ2n) is 4.73. The predicted octanol–water partition coefficient (Wildman–Crippen LogP) is 3.60. The SMILES string of the molecule is C[C@H](C[C@H](N)c1nccs1)C(=O)Nc1ccc(F)c(Cl)c1. The van der Waals surface area contributed by atoms with Crippen LogP contribution in [0.5, 0.6) is 0 Å². The van der Waals surface area contributed by atoms with Crippen molar-refractivity contribution in [2.45, 2.75) is 19.4 Å². The van der Waals surface area contributed by atoms with Crippen LogP contribution in [0.15, 0.2) is 29.8 Å². The minimum atomic E-state index is -0.520. The van der Waals surface area contributed by atoms with Crippen LogP contribution in [0.25, 0.3) is 0 Å². The third-order valence-electron chi connectivity index (χ3n) is 3.01. The Morgan fingerprint density at radius 1 is 1.57 bits per heavy atom. The molecule has 0 radical (unpaired) electrons. The van der Waals surface area contributed by atoms with E-state index in [9.17, 15) is 9.18 Å². The summed E-state index contributed by atoms with van der Waals surface area (Å²) in [4.78, 5) is 16.2. The second kappa shape index (κ2) is 6.98. The number of carbonyl (C=O) groups excluding carboxylic acids is 1. The smallest absolute Gasteiger partial charge is 0.227 e. The third kappa shape index (κ3) is 4.23. The minimum absolute atomic E-state index is 0.0278. The molecule has 1 aromatic carbocycles. The van der Waals surface area contributed by atoms with E-state index in [0.717, 1.165) is 5.01 Å². The number of rotatable bonds is 5. The van der Waals surface area contributed by atoms with Crippen molar-refractivity contribution in [3.8, 4) is 0 Å². The Labute approximate surface area is 131 Å². The predicted molar refractivity (Wildman–Crippen MR) is 82.9 cm³/mol. The van der Waals surface area contributed by atoms with Crippen LogP contribution in [-0.4, -0.2) is 10.9 Å². The van der Waals surface area contributed by atoms with Crippen molar-refractivity contribution in [3.63, 3.8) is 0 Å². The molecular weight excluding hydrogens is 313 g/mol. The van der Waals surface area contributed by atoms with Gasteiger partial charge < -0.3 is 11.1 Å². The van der Waals surface area contributed by atoms with Gasteiger partial charge in [0.25, 0.3) is 0 Å². The maximum Gasteiger partial charge on any atom is 0.227 e. The summed E-state index contributed by atoms with van der Waals surface area (Å²) in [6.45, 7) is 1.79. The van der Waals surface area contributed by atoms with Gasteiger partial charge in [0.15, 0.2) is 0 Å². The molecule has 1 heterocycles. The van der Waals surface area contributed by atoms with Crippen LogP contribution < -0.4 is 11.1 Å². The van der Waals surface area contributed by atoms with Crippen molar-refractivity contribution < 1.29 is 9.18 Å². The van der Waals surface area contributed by atoms with Crippen LogP contribution in [0.3, 0.4) is 0 Å². The molecule has 0 spiro atoms. The van der Waals surface area contributed by atoms with Crippen LogP contribution >= 0.6 is 22.9 Å². The molecule has 0 aliphatic rings. The molecule has 2 atom stereocenters. The molecule has 0 unspecified atom stereocenters. The maximum atomic E-state index is 13.1. The standard InChI is InChI=1S/C14H15ClFN3OS/c1-8(6-12(17)14-18-4-5-21-14)13(20)19-9-2-3-11(16)10(15)7-9/h2-5,7-8,12H,6,17H2,1H3,(H,19,20)/t8-,12+/m1/s1. The number of benzene rings is 1. The number of amides is 1. The molecule has 112 valence electrons. The van der Waals surface area contributed by atoms with Crippen molar-refractivity contribution in [2.75, 3.05) is 5.32 Å². The molecule has 1 aromatic heterocycles. The molecule has 0 saturated heterocycles. The fraction of sp³-hybridized carbons (Fsp3) is 0.286. The highest BCUT2D eigenvalue weighted by Gasteiger charge is 2.19. The Morgan fingerprint density at radius 2 is 2.33 bits per heavy atom. The zero-order chi connectivity index (χ0) is 15.4. The summed E-state index contributed by atoms with van der Waals surface area (Å²) in [7, 11) is 0. The Morgan fingerprint density at radius 3 is 2.95 bits per heavy atom. The summed E-state index contributed by atoms with van der Waals surface area (Å²) in [6, 6.07) is 3.78. The number of nitrogens with zero attached hydrogens (tertiary/aromatic N) is 1. The van der Waals surface area contributed by atoms with Crippen LogP contribution in [0.1, 0.15) is 24.4 Å². The van der Waals surface area contributed by atoms with Gasteiger partial charge in [-0.15, -0.1) is 11.3 Å². The molecule has 0 aliphatic heterocycles. The zero-order valence-corrected chi connectivity index (χ0v) is 12.9.